The quantitative estimate of drug-likeness (QED) is 0.819. The maximum absolute atomic E-state index is 4.44. The number of nitrogens with zero attached hydrogens (tertiary/aromatic N) is 3. The molecule has 1 aromatic heterocycles. The molecule has 0 aliphatic carbocycles. The van der Waals surface area contributed by atoms with Crippen LogP contribution in [0, 0.1) is 6.92 Å². The average molecular weight is 235 g/mol. The predicted molar refractivity (Wildman–Crippen MR) is 70.6 cm³/mol. The normalized spacial score (nSPS) is 16.9. The van der Waals surface area contributed by atoms with Gasteiger partial charge in [-0.3, -0.25) is 0 Å². The second-order valence-electron chi connectivity index (χ2n) is 4.72. The Morgan fingerprint density at radius 1 is 1.29 bits per heavy atom. The van der Waals surface area contributed by atoms with Crippen LogP contribution in [0.15, 0.2) is 6.07 Å². The third-order valence-corrected chi connectivity index (χ3v) is 2.97. The van der Waals surface area contributed by atoms with Gasteiger partial charge < -0.3 is 15.5 Å². The van der Waals surface area contributed by atoms with Gasteiger partial charge in [-0.1, -0.05) is 0 Å². The molecule has 0 atom stereocenters. The van der Waals surface area contributed by atoms with Crippen LogP contribution in [0.3, 0.4) is 0 Å². The molecule has 17 heavy (non-hydrogen) atoms. The van der Waals surface area contributed by atoms with Gasteiger partial charge in [0.15, 0.2) is 0 Å². The van der Waals surface area contributed by atoms with Crippen LogP contribution in [0.1, 0.15) is 18.7 Å². The fraction of sp³-hybridized carbons (Fsp3) is 0.667. The van der Waals surface area contributed by atoms with E-state index in [-0.39, 0.29) is 0 Å². The van der Waals surface area contributed by atoms with Crippen LogP contribution in [0.4, 0.5) is 11.6 Å². The number of aromatic nitrogens is 2. The van der Waals surface area contributed by atoms with Crippen molar-refractivity contribution in [1.29, 1.82) is 0 Å². The van der Waals surface area contributed by atoms with Gasteiger partial charge in [-0.2, -0.15) is 0 Å². The summed E-state index contributed by atoms with van der Waals surface area (Å²) in [6.07, 6.45) is 2.31. The van der Waals surface area contributed by atoms with Gasteiger partial charge in [-0.15, -0.1) is 0 Å². The Morgan fingerprint density at radius 3 is 2.65 bits per heavy atom. The van der Waals surface area contributed by atoms with Gasteiger partial charge in [0.2, 0.25) is 0 Å². The van der Waals surface area contributed by atoms with Crippen molar-refractivity contribution in [2.24, 2.45) is 0 Å². The lowest BCUT2D eigenvalue weighted by Crippen LogP contribution is -2.35. The van der Waals surface area contributed by atoms with Crippen LogP contribution in [0.25, 0.3) is 0 Å². The molecule has 0 aromatic carbocycles. The Hall–Kier alpha value is -1.36. The highest BCUT2D eigenvalue weighted by atomic mass is 15.2. The summed E-state index contributed by atoms with van der Waals surface area (Å²) in [6.45, 7) is 4.10. The van der Waals surface area contributed by atoms with E-state index in [2.05, 4.69) is 20.6 Å². The lowest BCUT2D eigenvalue weighted by atomic mass is 10.1. The standard InChI is InChI=1S/C12H21N5/c1-9-14-11(8-12(15-9)17(2)3)16-10-4-6-13-7-5-10/h8,10,13H,4-7H2,1-3H3,(H,14,15,16). The highest BCUT2D eigenvalue weighted by Crippen LogP contribution is 2.16. The number of hydrogen-bond donors (Lipinski definition) is 2. The number of anilines is 2. The second kappa shape index (κ2) is 5.31. The summed E-state index contributed by atoms with van der Waals surface area (Å²) in [5.41, 5.74) is 0. The van der Waals surface area contributed by atoms with Gasteiger partial charge >= 0.3 is 0 Å². The van der Waals surface area contributed by atoms with Crippen LogP contribution in [0.2, 0.25) is 0 Å². The molecule has 1 aliphatic heterocycles. The SMILES string of the molecule is Cc1nc(NC2CCNCC2)cc(N(C)C)n1. The minimum atomic E-state index is 0.528. The highest BCUT2D eigenvalue weighted by molar-refractivity contribution is 5.48. The molecule has 0 saturated carbocycles. The molecule has 1 saturated heterocycles. The first-order valence-corrected chi connectivity index (χ1v) is 6.15. The maximum Gasteiger partial charge on any atom is 0.133 e. The lowest BCUT2D eigenvalue weighted by molar-refractivity contribution is 0.478. The van der Waals surface area contributed by atoms with Crippen LogP contribution >= 0.6 is 0 Å². The van der Waals surface area contributed by atoms with E-state index >= 15 is 0 Å². The molecule has 0 amide bonds. The molecule has 2 rings (SSSR count). The van der Waals surface area contributed by atoms with Gasteiger partial charge in [0.1, 0.15) is 17.5 Å². The molecule has 94 valence electrons. The summed E-state index contributed by atoms with van der Waals surface area (Å²) in [4.78, 5) is 10.8. The van der Waals surface area contributed by atoms with Gasteiger partial charge in [-0.25, -0.2) is 9.97 Å². The van der Waals surface area contributed by atoms with Crippen molar-refractivity contribution in [1.82, 2.24) is 15.3 Å². The highest BCUT2D eigenvalue weighted by Gasteiger charge is 2.13. The maximum atomic E-state index is 4.44. The lowest BCUT2D eigenvalue weighted by Gasteiger charge is -2.24. The van der Waals surface area contributed by atoms with Gasteiger partial charge in [0.05, 0.1) is 0 Å². The number of aryl methyl sites for hydroxylation is 1. The largest absolute Gasteiger partial charge is 0.367 e. The monoisotopic (exact) mass is 235 g/mol. The fourth-order valence-electron chi connectivity index (χ4n) is 2.03. The molecule has 5 heteroatoms. The summed E-state index contributed by atoms with van der Waals surface area (Å²) in [5, 5.41) is 6.86. The van der Waals surface area contributed by atoms with E-state index in [4.69, 9.17) is 0 Å². The zero-order valence-electron chi connectivity index (χ0n) is 10.8. The molecule has 1 aliphatic rings. The van der Waals surface area contributed by atoms with Crippen LogP contribution in [-0.4, -0.2) is 43.2 Å². The molecule has 2 heterocycles. The number of nitrogens with one attached hydrogen (secondary N) is 2. The zero-order chi connectivity index (χ0) is 12.3. The molecule has 5 nitrogen and oxygen atoms in total. The van der Waals surface area contributed by atoms with Crippen molar-refractivity contribution in [2.75, 3.05) is 37.4 Å². The van der Waals surface area contributed by atoms with Crippen LogP contribution < -0.4 is 15.5 Å². The van der Waals surface area contributed by atoms with Crippen molar-refractivity contribution in [3.63, 3.8) is 0 Å². The van der Waals surface area contributed by atoms with Crippen molar-refractivity contribution in [2.45, 2.75) is 25.8 Å². The van der Waals surface area contributed by atoms with E-state index in [0.29, 0.717) is 6.04 Å². The van der Waals surface area contributed by atoms with Gasteiger partial charge in [-0.05, 0) is 32.9 Å². The summed E-state index contributed by atoms with van der Waals surface area (Å²) in [7, 11) is 3.99. The molecule has 1 aromatic rings. The predicted octanol–water partition coefficient (Wildman–Crippen LogP) is 1.01. The van der Waals surface area contributed by atoms with Crippen molar-refractivity contribution in [3.8, 4) is 0 Å². The molecule has 0 radical (unpaired) electrons. The Balaban J connectivity index is 2.09. The zero-order valence-corrected chi connectivity index (χ0v) is 10.8. The molecular weight excluding hydrogens is 214 g/mol. The first-order chi connectivity index (χ1) is 8.15. The number of piperidine rings is 1. The van der Waals surface area contributed by atoms with Gasteiger partial charge in [0, 0.05) is 26.2 Å². The van der Waals surface area contributed by atoms with E-state index in [1.807, 2.05) is 32.0 Å². The summed E-state index contributed by atoms with van der Waals surface area (Å²) in [6, 6.07) is 2.54. The third-order valence-electron chi connectivity index (χ3n) is 2.97. The third kappa shape index (κ3) is 3.30. The van der Waals surface area contributed by atoms with Crippen LogP contribution in [-0.2, 0) is 0 Å². The van der Waals surface area contributed by atoms with E-state index in [1.54, 1.807) is 0 Å². The van der Waals surface area contributed by atoms with E-state index in [1.165, 1.54) is 0 Å². The second-order valence-corrected chi connectivity index (χ2v) is 4.72. The minimum Gasteiger partial charge on any atom is -0.367 e. The first kappa shape index (κ1) is 12.1. The average Bonchev–Trinajstić information content (AvgIpc) is 2.29. The van der Waals surface area contributed by atoms with Crippen molar-refractivity contribution >= 4 is 11.6 Å². The van der Waals surface area contributed by atoms with E-state index in [0.717, 1.165) is 43.4 Å². The fourth-order valence-corrected chi connectivity index (χ4v) is 2.03. The summed E-state index contributed by atoms with van der Waals surface area (Å²) >= 11 is 0. The van der Waals surface area contributed by atoms with Crippen molar-refractivity contribution in [3.05, 3.63) is 11.9 Å². The first-order valence-electron chi connectivity index (χ1n) is 6.15. The van der Waals surface area contributed by atoms with E-state index < -0.39 is 0 Å². The molecule has 0 unspecified atom stereocenters. The van der Waals surface area contributed by atoms with E-state index in [9.17, 15) is 0 Å². The molecular formula is C12H21N5. The Morgan fingerprint density at radius 2 is 2.00 bits per heavy atom. The Kier molecular flexibility index (Phi) is 3.78. The Labute approximate surface area is 103 Å². The molecule has 0 bridgehead atoms. The topological polar surface area (TPSA) is 53.1 Å². The van der Waals surface area contributed by atoms with Crippen molar-refractivity contribution < 1.29 is 0 Å². The smallest absolute Gasteiger partial charge is 0.133 e. The Bertz CT molecular complexity index is 371. The molecule has 0 spiro atoms. The number of hydrogen-bond acceptors (Lipinski definition) is 5. The number of rotatable bonds is 3. The molecule has 2 N–H and O–H groups in total. The molecule has 1 fully saturated rings. The minimum absolute atomic E-state index is 0.528. The summed E-state index contributed by atoms with van der Waals surface area (Å²) in [5.74, 6) is 2.70. The van der Waals surface area contributed by atoms with Gasteiger partial charge in [0.25, 0.3) is 0 Å². The summed E-state index contributed by atoms with van der Waals surface area (Å²) < 4.78 is 0. The van der Waals surface area contributed by atoms with Crippen LogP contribution in [0.5, 0.6) is 0 Å².